The normalized spacial score (nSPS) is 12.8. The van der Waals surface area contributed by atoms with Gasteiger partial charge in [-0.25, -0.2) is 0 Å². The Labute approximate surface area is 73.1 Å². The van der Waals surface area contributed by atoms with E-state index in [1.54, 1.807) is 6.07 Å². The smallest absolute Gasteiger partial charge is 0.324 e. The van der Waals surface area contributed by atoms with Gasteiger partial charge in [0, 0.05) is 17.5 Å². The van der Waals surface area contributed by atoms with Crippen molar-refractivity contribution in [2.75, 3.05) is 6.54 Å². The van der Waals surface area contributed by atoms with Gasteiger partial charge in [-0.1, -0.05) is 11.3 Å². The predicted molar refractivity (Wildman–Crippen MR) is 47.0 cm³/mol. The largest absolute Gasteiger partial charge is 0.329 e. The summed E-state index contributed by atoms with van der Waals surface area (Å²) < 4.78 is 0. The van der Waals surface area contributed by atoms with Crippen LogP contribution >= 0.6 is 11.3 Å². The number of nitrogens with zero attached hydrogens (tertiary/aromatic N) is 1. The molecule has 1 rings (SSSR count). The zero-order valence-electron chi connectivity index (χ0n) is 6.27. The van der Waals surface area contributed by atoms with E-state index in [1.807, 2.05) is 0 Å². The van der Waals surface area contributed by atoms with Crippen molar-refractivity contribution in [3.8, 4) is 0 Å². The lowest BCUT2D eigenvalue weighted by molar-refractivity contribution is -0.380. The second-order valence-corrected chi connectivity index (χ2v) is 3.37. The molecule has 4 N–H and O–H groups in total. The van der Waals surface area contributed by atoms with Gasteiger partial charge in [0.2, 0.25) is 0 Å². The lowest BCUT2D eigenvalue weighted by atomic mass is 10.3. The number of hydrogen-bond acceptors (Lipinski definition) is 5. The summed E-state index contributed by atoms with van der Waals surface area (Å²) in [6.07, 6.45) is 0. The van der Waals surface area contributed by atoms with E-state index in [-0.39, 0.29) is 11.0 Å². The summed E-state index contributed by atoms with van der Waals surface area (Å²) in [5, 5.41) is 10.4. The monoisotopic (exact) mass is 187 g/mol. The van der Waals surface area contributed by atoms with Crippen LogP contribution in [0, 0.1) is 10.1 Å². The topological polar surface area (TPSA) is 95.2 Å². The summed E-state index contributed by atoms with van der Waals surface area (Å²) in [6, 6.07) is 2.79. The fourth-order valence-electron chi connectivity index (χ4n) is 0.756. The number of rotatable bonds is 3. The SMILES string of the molecule is NCC(N)c1ccc([N+](=O)[O-])s1. The second kappa shape index (κ2) is 3.61. The molecule has 1 atom stereocenters. The predicted octanol–water partition coefficient (Wildman–Crippen LogP) is 0.615. The molecule has 6 heteroatoms. The Morgan fingerprint density at radius 3 is 2.75 bits per heavy atom. The first kappa shape index (κ1) is 9.11. The molecule has 0 aromatic carbocycles. The molecule has 0 saturated carbocycles. The Hall–Kier alpha value is -0.980. The molecule has 0 bridgehead atoms. The van der Waals surface area contributed by atoms with Gasteiger partial charge in [0.25, 0.3) is 0 Å². The van der Waals surface area contributed by atoms with Crippen LogP contribution in [0.25, 0.3) is 0 Å². The molecular formula is C6H9N3O2S. The highest BCUT2D eigenvalue weighted by Crippen LogP contribution is 2.27. The summed E-state index contributed by atoms with van der Waals surface area (Å²) in [4.78, 5) is 10.6. The fourth-order valence-corrected chi connectivity index (χ4v) is 1.59. The van der Waals surface area contributed by atoms with Gasteiger partial charge in [-0.15, -0.1) is 0 Å². The van der Waals surface area contributed by atoms with E-state index in [2.05, 4.69) is 0 Å². The summed E-state index contributed by atoms with van der Waals surface area (Å²) in [5.74, 6) is 0. The molecule has 0 saturated heterocycles. The Bertz CT molecular complexity index is 286. The van der Waals surface area contributed by atoms with Crippen LogP contribution < -0.4 is 11.5 Å². The van der Waals surface area contributed by atoms with E-state index >= 15 is 0 Å². The summed E-state index contributed by atoms with van der Waals surface area (Å²) in [5.41, 5.74) is 10.9. The van der Waals surface area contributed by atoms with Crippen molar-refractivity contribution < 1.29 is 4.92 Å². The molecule has 1 heterocycles. The molecule has 1 aromatic heterocycles. The average molecular weight is 187 g/mol. The number of thiophene rings is 1. The summed E-state index contributed by atoms with van der Waals surface area (Å²) in [6.45, 7) is 0.303. The summed E-state index contributed by atoms with van der Waals surface area (Å²) in [7, 11) is 0. The van der Waals surface area contributed by atoms with Crippen LogP contribution in [0.1, 0.15) is 10.9 Å². The van der Waals surface area contributed by atoms with Gasteiger partial charge in [-0.05, 0) is 6.07 Å². The molecule has 0 radical (unpaired) electrons. The molecule has 5 nitrogen and oxygen atoms in total. The van der Waals surface area contributed by atoms with E-state index in [1.165, 1.54) is 6.07 Å². The van der Waals surface area contributed by atoms with Gasteiger partial charge in [0.15, 0.2) is 0 Å². The van der Waals surface area contributed by atoms with Gasteiger partial charge < -0.3 is 11.5 Å². The first-order valence-electron chi connectivity index (χ1n) is 3.35. The van der Waals surface area contributed by atoms with E-state index < -0.39 is 4.92 Å². The Morgan fingerprint density at radius 1 is 1.67 bits per heavy atom. The highest BCUT2D eigenvalue weighted by Gasteiger charge is 2.13. The standard InChI is InChI=1S/C6H9N3O2S/c7-3-4(8)5-1-2-6(12-5)9(10)11/h1-2,4H,3,7-8H2. The third-order valence-corrected chi connectivity index (χ3v) is 2.58. The highest BCUT2D eigenvalue weighted by atomic mass is 32.1. The lowest BCUT2D eigenvalue weighted by Crippen LogP contribution is -2.19. The number of nitrogens with two attached hydrogens (primary N) is 2. The molecule has 0 spiro atoms. The van der Waals surface area contributed by atoms with Gasteiger partial charge in [0.05, 0.1) is 11.0 Å². The van der Waals surface area contributed by atoms with Crippen molar-refractivity contribution in [1.82, 2.24) is 0 Å². The molecule has 0 amide bonds. The minimum absolute atomic E-state index is 0.105. The number of nitro groups is 1. The maximum atomic E-state index is 10.3. The molecular weight excluding hydrogens is 178 g/mol. The van der Waals surface area contributed by atoms with Crippen LogP contribution in [0.2, 0.25) is 0 Å². The van der Waals surface area contributed by atoms with Crippen molar-refractivity contribution in [3.63, 3.8) is 0 Å². The van der Waals surface area contributed by atoms with Crippen LogP contribution in [0.4, 0.5) is 5.00 Å². The third-order valence-electron chi connectivity index (χ3n) is 1.41. The Balaban J connectivity index is 2.84. The van der Waals surface area contributed by atoms with E-state index in [0.29, 0.717) is 6.54 Å². The zero-order chi connectivity index (χ0) is 9.14. The Morgan fingerprint density at radius 2 is 2.33 bits per heavy atom. The first-order chi connectivity index (χ1) is 5.65. The van der Waals surface area contributed by atoms with Crippen molar-refractivity contribution >= 4 is 16.3 Å². The molecule has 12 heavy (non-hydrogen) atoms. The maximum absolute atomic E-state index is 10.3. The van der Waals surface area contributed by atoms with Crippen LogP contribution in [0.5, 0.6) is 0 Å². The average Bonchev–Trinajstić information content (AvgIpc) is 2.51. The van der Waals surface area contributed by atoms with Crippen molar-refractivity contribution in [2.45, 2.75) is 6.04 Å². The maximum Gasteiger partial charge on any atom is 0.324 e. The third kappa shape index (κ3) is 1.79. The Kier molecular flexibility index (Phi) is 2.74. The van der Waals surface area contributed by atoms with Crippen LogP contribution in [-0.4, -0.2) is 11.5 Å². The van der Waals surface area contributed by atoms with Gasteiger partial charge in [-0.2, -0.15) is 0 Å². The van der Waals surface area contributed by atoms with Crippen LogP contribution in [-0.2, 0) is 0 Å². The zero-order valence-corrected chi connectivity index (χ0v) is 7.08. The first-order valence-corrected chi connectivity index (χ1v) is 4.16. The van der Waals surface area contributed by atoms with E-state index in [9.17, 15) is 10.1 Å². The molecule has 66 valence electrons. The molecule has 0 aliphatic heterocycles. The van der Waals surface area contributed by atoms with Crippen LogP contribution in [0.3, 0.4) is 0 Å². The summed E-state index contributed by atoms with van der Waals surface area (Å²) >= 11 is 1.07. The second-order valence-electron chi connectivity index (χ2n) is 2.28. The van der Waals surface area contributed by atoms with Crippen molar-refractivity contribution in [3.05, 3.63) is 27.1 Å². The van der Waals surface area contributed by atoms with Crippen molar-refractivity contribution in [2.24, 2.45) is 11.5 Å². The molecule has 0 aliphatic carbocycles. The van der Waals surface area contributed by atoms with Gasteiger partial charge >= 0.3 is 5.00 Å². The molecule has 0 aliphatic rings. The minimum atomic E-state index is -0.433. The van der Waals surface area contributed by atoms with Gasteiger partial charge in [0.1, 0.15) is 0 Å². The van der Waals surface area contributed by atoms with Gasteiger partial charge in [-0.3, -0.25) is 10.1 Å². The fraction of sp³-hybridized carbons (Fsp3) is 0.333. The molecule has 1 aromatic rings. The molecule has 1 unspecified atom stereocenters. The minimum Gasteiger partial charge on any atom is -0.329 e. The van der Waals surface area contributed by atoms with Crippen LogP contribution in [0.15, 0.2) is 12.1 Å². The van der Waals surface area contributed by atoms with E-state index in [4.69, 9.17) is 11.5 Å². The number of hydrogen-bond donors (Lipinski definition) is 2. The molecule has 0 fully saturated rings. The van der Waals surface area contributed by atoms with Crippen molar-refractivity contribution in [1.29, 1.82) is 0 Å². The highest BCUT2D eigenvalue weighted by molar-refractivity contribution is 7.15. The quantitative estimate of drug-likeness (QED) is 0.535. The van der Waals surface area contributed by atoms with E-state index in [0.717, 1.165) is 16.2 Å². The lowest BCUT2D eigenvalue weighted by Gasteiger charge is -2.02.